The molecule has 2 aromatic rings. The molecular weight excluding hydrogens is 222 g/mol. The normalized spacial score (nSPS) is 10.2. The third kappa shape index (κ3) is 2.62. The summed E-state index contributed by atoms with van der Waals surface area (Å²) in [5, 5.41) is 3.23. The van der Waals surface area contributed by atoms with Gasteiger partial charge in [-0.1, -0.05) is 24.3 Å². The Morgan fingerprint density at radius 1 is 1.11 bits per heavy atom. The van der Waals surface area contributed by atoms with E-state index in [4.69, 9.17) is 0 Å². The molecule has 0 bridgehead atoms. The molecule has 18 heavy (non-hydrogen) atoms. The lowest BCUT2D eigenvalue weighted by atomic mass is 10.2. The van der Waals surface area contributed by atoms with Crippen LogP contribution in [0.4, 0.5) is 17.3 Å². The third-order valence-electron chi connectivity index (χ3n) is 2.91. The molecule has 0 saturated carbocycles. The van der Waals surface area contributed by atoms with Crippen molar-refractivity contribution in [1.29, 1.82) is 0 Å². The maximum Gasteiger partial charge on any atom is 0.135 e. The zero-order chi connectivity index (χ0) is 13.0. The first kappa shape index (κ1) is 12.4. The van der Waals surface area contributed by atoms with Crippen LogP contribution in [-0.4, -0.2) is 18.6 Å². The fourth-order valence-corrected chi connectivity index (χ4v) is 1.95. The second kappa shape index (κ2) is 5.54. The summed E-state index contributed by atoms with van der Waals surface area (Å²) in [4.78, 5) is 6.70. The Bertz CT molecular complexity index is 523. The second-order valence-electron chi connectivity index (χ2n) is 4.26. The minimum Gasteiger partial charge on any atom is -0.370 e. The fourth-order valence-electron chi connectivity index (χ4n) is 1.95. The van der Waals surface area contributed by atoms with Gasteiger partial charge in [0.15, 0.2) is 0 Å². The fraction of sp³-hybridized carbons (Fsp3) is 0.267. The lowest BCUT2D eigenvalue weighted by Crippen LogP contribution is -2.13. The van der Waals surface area contributed by atoms with E-state index >= 15 is 0 Å². The van der Waals surface area contributed by atoms with Gasteiger partial charge in [-0.2, -0.15) is 0 Å². The number of pyridine rings is 1. The van der Waals surface area contributed by atoms with Crippen molar-refractivity contribution in [3.8, 4) is 0 Å². The van der Waals surface area contributed by atoms with Gasteiger partial charge < -0.3 is 10.2 Å². The number of benzene rings is 1. The topological polar surface area (TPSA) is 28.2 Å². The average molecular weight is 241 g/mol. The minimum atomic E-state index is 0.879. The number of nitrogens with one attached hydrogen (secondary N) is 1. The molecule has 0 spiro atoms. The smallest absolute Gasteiger partial charge is 0.135 e. The van der Waals surface area contributed by atoms with Gasteiger partial charge in [-0.3, -0.25) is 0 Å². The van der Waals surface area contributed by atoms with Crippen molar-refractivity contribution in [3.63, 3.8) is 0 Å². The Labute approximate surface area is 108 Å². The van der Waals surface area contributed by atoms with Crippen molar-refractivity contribution in [2.75, 3.05) is 23.8 Å². The zero-order valence-corrected chi connectivity index (χ0v) is 11.1. The van der Waals surface area contributed by atoms with Gasteiger partial charge in [0, 0.05) is 19.3 Å². The maximum absolute atomic E-state index is 4.59. The van der Waals surface area contributed by atoms with Gasteiger partial charge in [0.25, 0.3) is 0 Å². The van der Waals surface area contributed by atoms with Gasteiger partial charge in [0.1, 0.15) is 11.6 Å². The third-order valence-corrected chi connectivity index (χ3v) is 2.91. The lowest BCUT2D eigenvalue weighted by Gasteiger charge is -2.21. The Morgan fingerprint density at radius 3 is 2.61 bits per heavy atom. The van der Waals surface area contributed by atoms with E-state index in [0.717, 1.165) is 18.2 Å². The van der Waals surface area contributed by atoms with Crippen LogP contribution in [-0.2, 0) is 0 Å². The quantitative estimate of drug-likeness (QED) is 0.886. The SMILES string of the molecule is CCNc1cccc(N(C)c2ccccc2C)n1. The summed E-state index contributed by atoms with van der Waals surface area (Å²) in [7, 11) is 2.04. The van der Waals surface area contributed by atoms with E-state index in [9.17, 15) is 0 Å². The molecule has 94 valence electrons. The Kier molecular flexibility index (Phi) is 3.82. The first-order valence-electron chi connectivity index (χ1n) is 6.22. The van der Waals surface area contributed by atoms with E-state index in [1.165, 1.54) is 11.3 Å². The zero-order valence-electron chi connectivity index (χ0n) is 11.1. The van der Waals surface area contributed by atoms with Crippen LogP contribution in [0.5, 0.6) is 0 Å². The van der Waals surface area contributed by atoms with Gasteiger partial charge in [-0.05, 0) is 37.6 Å². The molecule has 0 radical (unpaired) electrons. The molecule has 0 aliphatic carbocycles. The molecule has 2 rings (SSSR count). The number of aromatic nitrogens is 1. The summed E-state index contributed by atoms with van der Waals surface area (Å²) >= 11 is 0. The molecule has 0 aliphatic rings. The number of nitrogens with zero attached hydrogens (tertiary/aromatic N) is 2. The van der Waals surface area contributed by atoms with Crippen LogP contribution >= 0.6 is 0 Å². The van der Waals surface area contributed by atoms with E-state index in [1.807, 2.05) is 31.3 Å². The highest BCUT2D eigenvalue weighted by Gasteiger charge is 2.07. The van der Waals surface area contributed by atoms with Crippen molar-refractivity contribution < 1.29 is 0 Å². The van der Waals surface area contributed by atoms with Crippen molar-refractivity contribution in [2.45, 2.75) is 13.8 Å². The minimum absolute atomic E-state index is 0.879. The molecule has 0 amide bonds. The van der Waals surface area contributed by atoms with E-state index in [1.54, 1.807) is 0 Å². The number of para-hydroxylation sites is 1. The van der Waals surface area contributed by atoms with Gasteiger partial charge in [-0.25, -0.2) is 4.98 Å². The van der Waals surface area contributed by atoms with Crippen LogP contribution in [0.3, 0.4) is 0 Å². The molecule has 0 saturated heterocycles. The van der Waals surface area contributed by atoms with Gasteiger partial charge in [0.05, 0.1) is 0 Å². The van der Waals surface area contributed by atoms with Crippen LogP contribution < -0.4 is 10.2 Å². The summed E-state index contributed by atoms with van der Waals surface area (Å²) in [5.41, 5.74) is 2.43. The number of anilines is 3. The standard InChI is InChI=1S/C15H19N3/c1-4-16-14-10-7-11-15(17-14)18(3)13-9-6-5-8-12(13)2/h5-11H,4H2,1-3H3,(H,16,17). The van der Waals surface area contributed by atoms with E-state index in [0.29, 0.717) is 0 Å². The van der Waals surface area contributed by atoms with Crippen molar-refractivity contribution in [2.24, 2.45) is 0 Å². The van der Waals surface area contributed by atoms with Crippen molar-refractivity contribution in [1.82, 2.24) is 4.98 Å². The lowest BCUT2D eigenvalue weighted by molar-refractivity contribution is 1.09. The number of rotatable bonds is 4. The molecule has 0 atom stereocenters. The molecule has 1 N–H and O–H groups in total. The highest BCUT2D eigenvalue weighted by atomic mass is 15.2. The predicted octanol–water partition coefficient (Wildman–Crippen LogP) is 3.59. The van der Waals surface area contributed by atoms with Gasteiger partial charge in [-0.15, -0.1) is 0 Å². The van der Waals surface area contributed by atoms with Crippen LogP contribution in [0.15, 0.2) is 42.5 Å². The Hall–Kier alpha value is -2.03. The largest absolute Gasteiger partial charge is 0.370 e. The molecule has 0 aliphatic heterocycles. The Morgan fingerprint density at radius 2 is 1.89 bits per heavy atom. The molecule has 3 nitrogen and oxygen atoms in total. The number of hydrogen-bond donors (Lipinski definition) is 1. The van der Waals surface area contributed by atoms with Gasteiger partial charge in [0.2, 0.25) is 0 Å². The van der Waals surface area contributed by atoms with Crippen LogP contribution in [0.1, 0.15) is 12.5 Å². The second-order valence-corrected chi connectivity index (χ2v) is 4.26. The van der Waals surface area contributed by atoms with E-state index in [-0.39, 0.29) is 0 Å². The summed E-state index contributed by atoms with van der Waals surface area (Å²) in [6, 6.07) is 14.3. The highest BCUT2D eigenvalue weighted by Crippen LogP contribution is 2.25. The average Bonchev–Trinajstić information content (AvgIpc) is 2.39. The first-order chi connectivity index (χ1) is 8.72. The molecular formula is C15H19N3. The Balaban J connectivity index is 2.31. The van der Waals surface area contributed by atoms with E-state index < -0.39 is 0 Å². The number of aryl methyl sites for hydroxylation is 1. The summed E-state index contributed by atoms with van der Waals surface area (Å²) < 4.78 is 0. The maximum atomic E-state index is 4.59. The monoisotopic (exact) mass is 241 g/mol. The van der Waals surface area contributed by atoms with Crippen molar-refractivity contribution >= 4 is 17.3 Å². The summed E-state index contributed by atoms with van der Waals surface area (Å²) in [6.45, 7) is 5.06. The summed E-state index contributed by atoms with van der Waals surface area (Å²) in [6.07, 6.45) is 0. The number of hydrogen-bond acceptors (Lipinski definition) is 3. The molecule has 1 aromatic heterocycles. The molecule has 0 fully saturated rings. The van der Waals surface area contributed by atoms with Crippen molar-refractivity contribution in [3.05, 3.63) is 48.0 Å². The van der Waals surface area contributed by atoms with Crippen LogP contribution in [0.2, 0.25) is 0 Å². The molecule has 1 heterocycles. The molecule has 1 aromatic carbocycles. The molecule has 0 unspecified atom stereocenters. The van der Waals surface area contributed by atoms with Gasteiger partial charge >= 0.3 is 0 Å². The predicted molar refractivity (Wildman–Crippen MR) is 77.6 cm³/mol. The summed E-state index contributed by atoms with van der Waals surface area (Å²) in [5.74, 6) is 1.86. The van der Waals surface area contributed by atoms with Crippen LogP contribution in [0, 0.1) is 6.92 Å². The van der Waals surface area contributed by atoms with Crippen LogP contribution in [0.25, 0.3) is 0 Å². The first-order valence-corrected chi connectivity index (χ1v) is 6.22. The molecule has 3 heteroatoms. The highest BCUT2D eigenvalue weighted by molar-refractivity contribution is 5.63. The van der Waals surface area contributed by atoms with E-state index in [2.05, 4.69) is 47.2 Å².